The normalized spacial score (nSPS) is 43.5. The van der Waals surface area contributed by atoms with E-state index in [9.17, 15) is 10.2 Å². The van der Waals surface area contributed by atoms with Gasteiger partial charge in [0.1, 0.15) is 12.2 Å². The molecule has 0 bridgehead atoms. The smallest absolute Gasteiger partial charge is 0.163 e. The van der Waals surface area contributed by atoms with E-state index in [4.69, 9.17) is 9.47 Å². The highest BCUT2D eigenvalue weighted by atomic mass is 16.8. The predicted octanol–water partition coefficient (Wildman–Crippen LogP) is 0.602. The Morgan fingerprint density at radius 1 is 1.12 bits per heavy atom. The van der Waals surface area contributed by atoms with Crippen LogP contribution >= 0.6 is 0 Å². The van der Waals surface area contributed by atoms with Crippen LogP contribution in [0.1, 0.15) is 13.8 Å². The van der Waals surface area contributed by atoms with Crippen LogP contribution in [0.15, 0.2) is 24.3 Å². The maximum atomic E-state index is 9.92. The monoisotopic (exact) mass is 226 g/mol. The van der Waals surface area contributed by atoms with E-state index in [2.05, 4.69) is 0 Å². The Labute approximate surface area is 95.2 Å². The molecular formula is C12H18O4. The first-order chi connectivity index (χ1) is 7.53. The molecule has 2 rings (SSSR count). The average molecular weight is 226 g/mol. The molecule has 0 aromatic heterocycles. The molecule has 0 aromatic carbocycles. The SMILES string of the molecule is CC1(C)O[C@@H]2[C@H](O1)[C@H](CO)/C=C\C=C[C@@H]2O. The molecule has 90 valence electrons. The van der Waals surface area contributed by atoms with Gasteiger partial charge in [-0.05, 0) is 13.8 Å². The van der Waals surface area contributed by atoms with Crippen molar-refractivity contribution in [1.29, 1.82) is 0 Å². The van der Waals surface area contributed by atoms with E-state index in [-0.39, 0.29) is 18.6 Å². The Morgan fingerprint density at radius 3 is 2.44 bits per heavy atom. The fraction of sp³-hybridized carbons (Fsp3) is 0.667. The second kappa shape index (κ2) is 4.30. The first-order valence-electron chi connectivity index (χ1n) is 5.53. The number of hydrogen-bond donors (Lipinski definition) is 2. The molecule has 0 saturated carbocycles. The van der Waals surface area contributed by atoms with E-state index in [1.807, 2.05) is 26.0 Å². The fourth-order valence-corrected chi connectivity index (χ4v) is 2.18. The molecule has 16 heavy (non-hydrogen) atoms. The van der Waals surface area contributed by atoms with E-state index in [0.29, 0.717) is 0 Å². The van der Waals surface area contributed by atoms with Crippen LogP contribution in [0.2, 0.25) is 0 Å². The van der Waals surface area contributed by atoms with Gasteiger partial charge in [-0.25, -0.2) is 0 Å². The lowest BCUT2D eigenvalue weighted by Crippen LogP contribution is -2.39. The number of aliphatic hydroxyl groups is 2. The Kier molecular flexibility index (Phi) is 3.17. The molecule has 1 saturated heterocycles. The van der Waals surface area contributed by atoms with Crippen LogP contribution in [-0.2, 0) is 9.47 Å². The van der Waals surface area contributed by atoms with Gasteiger partial charge >= 0.3 is 0 Å². The summed E-state index contributed by atoms with van der Waals surface area (Å²) in [6.07, 6.45) is 5.69. The lowest BCUT2D eigenvalue weighted by molar-refractivity contribution is -0.155. The molecule has 0 radical (unpaired) electrons. The van der Waals surface area contributed by atoms with Gasteiger partial charge in [0.15, 0.2) is 5.79 Å². The molecule has 2 aliphatic rings. The van der Waals surface area contributed by atoms with Crippen molar-refractivity contribution in [3.8, 4) is 0 Å². The lowest BCUT2D eigenvalue weighted by Gasteiger charge is -2.25. The summed E-state index contributed by atoms with van der Waals surface area (Å²) >= 11 is 0. The van der Waals surface area contributed by atoms with Crippen LogP contribution < -0.4 is 0 Å². The summed E-state index contributed by atoms with van der Waals surface area (Å²) in [6.45, 7) is 3.61. The Morgan fingerprint density at radius 2 is 1.75 bits per heavy atom. The third kappa shape index (κ3) is 2.20. The maximum absolute atomic E-state index is 9.92. The van der Waals surface area contributed by atoms with Crippen LogP contribution in [0.3, 0.4) is 0 Å². The minimum Gasteiger partial charge on any atom is -0.396 e. The highest BCUT2D eigenvalue weighted by molar-refractivity contribution is 5.14. The quantitative estimate of drug-likeness (QED) is 0.687. The van der Waals surface area contributed by atoms with Gasteiger partial charge in [0.25, 0.3) is 0 Å². The molecule has 0 aromatic rings. The Hall–Kier alpha value is -0.680. The number of rotatable bonds is 1. The largest absolute Gasteiger partial charge is 0.396 e. The lowest BCUT2D eigenvalue weighted by atomic mass is 9.93. The highest BCUT2D eigenvalue weighted by Crippen LogP contribution is 2.35. The summed E-state index contributed by atoms with van der Waals surface area (Å²) in [4.78, 5) is 0. The number of ether oxygens (including phenoxy) is 2. The molecule has 0 spiro atoms. The predicted molar refractivity (Wildman–Crippen MR) is 58.7 cm³/mol. The molecular weight excluding hydrogens is 208 g/mol. The Bertz CT molecular complexity index is 308. The van der Waals surface area contributed by atoms with Crippen LogP contribution in [0.25, 0.3) is 0 Å². The second-order valence-corrected chi connectivity index (χ2v) is 4.67. The van der Waals surface area contributed by atoms with Gasteiger partial charge in [0.2, 0.25) is 0 Å². The van der Waals surface area contributed by atoms with E-state index in [0.717, 1.165) is 0 Å². The molecule has 1 aliphatic carbocycles. The maximum Gasteiger partial charge on any atom is 0.163 e. The van der Waals surface area contributed by atoms with Crippen molar-refractivity contribution in [2.24, 2.45) is 5.92 Å². The van der Waals surface area contributed by atoms with Crippen LogP contribution in [0, 0.1) is 5.92 Å². The topological polar surface area (TPSA) is 58.9 Å². The first kappa shape index (κ1) is 11.8. The van der Waals surface area contributed by atoms with Gasteiger partial charge in [-0.3, -0.25) is 0 Å². The summed E-state index contributed by atoms with van der Waals surface area (Å²) in [5.74, 6) is -0.859. The van der Waals surface area contributed by atoms with Crippen molar-refractivity contribution in [3.05, 3.63) is 24.3 Å². The molecule has 1 fully saturated rings. The van der Waals surface area contributed by atoms with Gasteiger partial charge in [-0.1, -0.05) is 24.3 Å². The van der Waals surface area contributed by atoms with Crippen LogP contribution in [-0.4, -0.2) is 40.9 Å². The third-order valence-electron chi connectivity index (χ3n) is 2.91. The zero-order valence-electron chi connectivity index (χ0n) is 9.54. The molecule has 4 atom stereocenters. The van der Waals surface area contributed by atoms with Crippen molar-refractivity contribution in [1.82, 2.24) is 0 Å². The molecule has 0 amide bonds. The summed E-state index contributed by atoms with van der Waals surface area (Å²) in [5.41, 5.74) is 0. The zero-order chi connectivity index (χ0) is 11.8. The third-order valence-corrected chi connectivity index (χ3v) is 2.91. The van der Waals surface area contributed by atoms with Gasteiger partial charge in [-0.15, -0.1) is 0 Å². The van der Waals surface area contributed by atoms with Crippen molar-refractivity contribution in [2.75, 3.05) is 6.61 Å². The second-order valence-electron chi connectivity index (χ2n) is 4.67. The number of hydrogen-bond acceptors (Lipinski definition) is 4. The van der Waals surface area contributed by atoms with Crippen molar-refractivity contribution in [2.45, 2.75) is 37.9 Å². The molecule has 1 heterocycles. The van der Waals surface area contributed by atoms with Gasteiger partial charge < -0.3 is 19.7 Å². The van der Waals surface area contributed by atoms with E-state index in [1.165, 1.54) is 0 Å². The van der Waals surface area contributed by atoms with Crippen molar-refractivity contribution < 1.29 is 19.7 Å². The number of allylic oxidation sites excluding steroid dienone is 2. The fourth-order valence-electron chi connectivity index (χ4n) is 2.18. The minimum absolute atomic E-state index is 0.0162. The summed E-state index contributed by atoms with van der Waals surface area (Å²) < 4.78 is 11.4. The van der Waals surface area contributed by atoms with Crippen LogP contribution in [0.5, 0.6) is 0 Å². The van der Waals surface area contributed by atoms with Crippen LogP contribution in [0.4, 0.5) is 0 Å². The summed E-state index contributed by atoms with van der Waals surface area (Å²) in [7, 11) is 0. The number of aliphatic hydroxyl groups excluding tert-OH is 2. The van der Waals surface area contributed by atoms with Gasteiger partial charge in [0.05, 0.1) is 12.7 Å². The minimum atomic E-state index is -0.713. The van der Waals surface area contributed by atoms with Crippen molar-refractivity contribution >= 4 is 0 Å². The molecule has 4 nitrogen and oxygen atoms in total. The van der Waals surface area contributed by atoms with Gasteiger partial charge in [0, 0.05) is 5.92 Å². The first-order valence-corrected chi connectivity index (χ1v) is 5.53. The summed E-state index contributed by atoms with van der Waals surface area (Å²) in [6, 6.07) is 0. The van der Waals surface area contributed by atoms with E-state index < -0.39 is 18.0 Å². The van der Waals surface area contributed by atoms with E-state index >= 15 is 0 Å². The molecule has 4 heteroatoms. The zero-order valence-corrected chi connectivity index (χ0v) is 9.54. The van der Waals surface area contributed by atoms with Crippen molar-refractivity contribution in [3.63, 3.8) is 0 Å². The molecule has 2 N–H and O–H groups in total. The molecule has 1 aliphatic heterocycles. The summed E-state index contributed by atoms with van der Waals surface area (Å²) in [5, 5.41) is 19.2. The van der Waals surface area contributed by atoms with Gasteiger partial charge in [-0.2, -0.15) is 0 Å². The standard InChI is InChI=1S/C12H18O4/c1-12(2)15-10-8(7-13)5-3-4-6-9(14)11(10)16-12/h3-6,8-11,13-14H,7H2,1-2H3/b5-3-,6-4?/t8-,9-,10+,11-/m0/s1. The Balaban J connectivity index is 2.27. The number of fused-ring (bicyclic) bond motifs is 1. The average Bonchev–Trinajstić information content (AvgIpc) is 2.52. The molecule has 0 unspecified atom stereocenters. The van der Waals surface area contributed by atoms with E-state index in [1.54, 1.807) is 12.2 Å². The highest BCUT2D eigenvalue weighted by Gasteiger charge is 2.47.